The molecule has 7 heteroatoms. The van der Waals surface area contributed by atoms with E-state index in [2.05, 4.69) is 5.32 Å². The van der Waals surface area contributed by atoms with Crippen molar-refractivity contribution in [3.05, 3.63) is 63.5 Å². The maximum Gasteiger partial charge on any atom is 0.271 e. The van der Waals surface area contributed by atoms with Gasteiger partial charge in [0, 0.05) is 12.1 Å². The van der Waals surface area contributed by atoms with E-state index in [1.165, 1.54) is 0 Å². The molecule has 0 heterocycles. The molecule has 1 amide bonds. The number of amides is 1. The van der Waals surface area contributed by atoms with Crippen LogP contribution in [0.25, 0.3) is 0 Å². The van der Waals surface area contributed by atoms with Gasteiger partial charge in [-0.15, -0.1) is 0 Å². The topological polar surface area (TPSA) is 81.5 Å². The number of hydrogen-bond donors (Lipinski definition) is 1. The van der Waals surface area contributed by atoms with Crippen molar-refractivity contribution >= 4 is 17.3 Å². The van der Waals surface area contributed by atoms with E-state index < -0.39 is 16.6 Å². The van der Waals surface area contributed by atoms with Crippen LogP contribution in [-0.2, 0) is 4.79 Å². The molecule has 0 saturated heterocycles. The van der Waals surface area contributed by atoms with E-state index in [-0.39, 0.29) is 18.0 Å². The maximum absolute atomic E-state index is 13.7. The summed E-state index contributed by atoms with van der Waals surface area (Å²) in [5, 5.41) is 13.0. The second-order valence-corrected chi connectivity index (χ2v) is 5.94. The van der Waals surface area contributed by atoms with Gasteiger partial charge in [0.25, 0.3) is 11.6 Å². The minimum absolute atomic E-state index is 0.254. The standard InChI is InChI=1S/C18H19FN2O4/c1-11(2)13-5-4-12(3)17(8-13)25-10-18(22)20-16-9-14(21(23)24)6-7-15(16)19/h4-9,11H,10H2,1-3H3,(H,20,22). The number of hydrogen-bond acceptors (Lipinski definition) is 4. The summed E-state index contributed by atoms with van der Waals surface area (Å²) in [5.41, 5.74) is 1.39. The zero-order valence-electron chi connectivity index (χ0n) is 14.2. The first kappa shape index (κ1) is 18.4. The number of nitrogens with one attached hydrogen (secondary N) is 1. The molecule has 132 valence electrons. The lowest BCUT2D eigenvalue weighted by molar-refractivity contribution is -0.384. The first-order valence-electron chi connectivity index (χ1n) is 7.75. The Labute approximate surface area is 144 Å². The first-order chi connectivity index (χ1) is 11.8. The molecule has 0 aliphatic carbocycles. The Morgan fingerprint density at radius 3 is 2.64 bits per heavy atom. The number of non-ortho nitro benzene ring substituents is 1. The summed E-state index contributed by atoms with van der Waals surface area (Å²) in [6.45, 7) is 5.63. The van der Waals surface area contributed by atoms with Crippen LogP contribution >= 0.6 is 0 Å². The number of benzene rings is 2. The van der Waals surface area contributed by atoms with E-state index in [1.807, 2.05) is 39.0 Å². The quantitative estimate of drug-likeness (QED) is 0.628. The number of nitro groups is 1. The van der Waals surface area contributed by atoms with Gasteiger partial charge in [-0.25, -0.2) is 4.39 Å². The third kappa shape index (κ3) is 4.76. The molecule has 6 nitrogen and oxygen atoms in total. The third-order valence-electron chi connectivity index (χ3n) is 3.67. The van der Waals surface area contributed by atoms with Crippen molar-refractivity contribution in [2.75, 3.05) is 11.9 Å². The number of carbonyl (C=O) groups excluding carboxylic acids is 1. The number of halogens is 1. The smallest absolute Gasteiger partial charge is 0.271 e. The van der Waals surface area contributed by atoms with Crippen LogP contribution in [-0.4, -0.2) is 17.4 Å². The van der Waals surface area contributed by atoms with Gasteiger partial charge in [0.1, 0.15) is 11.6 Å². The van der Waals surface area contributed by atoms with Crippen LogP contribution in [0.5, 0.6) is 5.75 Å². The van der Waals surface area contributed by atoms with Crippen LogP contribution in [0.15, 0.2) is 36.4 Å². The molecule has 0 bridgehead atoms. The Balaban J connectivity index is 2.05. The molecule has 0 saturated carbocycles. The molecule has 0 aliphatic heterocycles. The normalized spacial score (nSPS) is 10.6. The van der Waals surface area contributed by atoms with Gasteiger partial charge in [-0.05, 0) is 36.1 Å². The highest BCUT2D eigenvalue weighted by molar-refractivity contribution is 5.92. The molecule has 0 atom stereocenters. The minimum atomic E-state index is -0.753. The highest BCUT2D eigenvalue weighted by Gasteiger charge is 2.14. The van der Waals surface area contributed by atoms with Gasteiger partial charge in [0.2, 0.25) is 0 Å². The van der Waals surface area contributed by atoms with Crippen molar-refractivity contribution in [2.24, 2.45) is 0 Å². The summed E-state index contributed by atoms with van der Waals surface area (Å²) in [4.78, 5) is 22.0. The van der Waals surface area contributed by atoms with Gasteiger partial charge in [-0.1, -0.05) is 26.0 Å². The van der Waals surface area contributed by atoms with Crippen LogP contribution in [0.1, 0.15) is 30.9 Å². The molecular formula is C18H19FN2O4. The average molecular weight is 346 g/mol. The van der Waals surface area contributed by atoms with Crippen molar-refractivity contribution in [1.29, 1.82) is 0 Å². The lowest BCUT2D eigenvalue weighted by Crippen LogP contribution is -2.21. The predicted octanol–water partition coefficient (Wildman–Crippen LogP) is 4.18. The third-order valence-corrected chi connectivity index (χ3v) is 3.67. The van der Waals surface area contributed by atoms with Gasteiger partial charge >= 0.3 is 0 Å². The van der Waals surface area contributed by atoms with Gasteiger partial charge in [-0.2, -0.15) is 0 Å². The van der Waals surface area contributed by atoms with E-state index in [0.29, 0.717) is 11.7 Å². The fourth-order valence-corrected chi connectivity index (χ4v) is 2.18. The van der Waals surface area contributed by atoms with Crippen LogP contribution in [0.4, 0.5) is 15.8 Å². The summed E-state index contributed by atoms with van der Waals surface area (Å²) >= 11 is 0. The minimum Gasteiger partial charge on any atom is -0.483 e. The van der Waals surface area contributed by atoms with Gasteiger partial charge in [-0.3, -0.25) is 14.9 Å². The van der Waals surface area contributed by atoms with Gasteiger partial charge in [0.15, 0.2) is 6.61 Å². The molecule has 0 unspecified atom stereocenters. The maximum atomic E-state index is 13.7. The average Bonchev–Trinajstić information content (AvgIpc) is 2.55. The second kappa shape index (κ2) is 7.74. The highest BCUT2D eigenvalue weighted by atomic mass is 19.1. The molecule has 2 rings (SSSR count). The number of aryl methyl sites for hydroxylation is 1. The van der Waals surface area contributed by atoms with Crippen LogP contribution in [0.2, 0.25) is 0 Å². The van der Waals surface area contributed by atoms with Crippen LogP contribution in [0.3, 0.4) is 0 Å². The van der Waals surface area contributed by atoms with Crippen molar-refractivity contribution in [2.45, 2.75) is 26.7 Å². The van der Waals surface area contributed by atoms with E-state index in [1.54, 1.807) is 0 Å². The molecule has 0 spiro atoms. The van der Waals surface area contributed by atoms with Crippen molar-refractivity contribution < 1.29 is 18.8 Å². The molecule has 0 radical (unpaired) electrons. The molecule has 25 heavy (non-hydrogen) atoms. The van der Waals surface area contributed by atoms with E-state index >= 15 is 0 Å². The van der Waals surface area contributed by atoms with E-state index in [0.717, 1.165) is 29.3 Å². The monoisotopic (exact) mass is 346 g/mol. The number of nitrogens with zero attached hydrogens (tertiary/aromatic N) is 1. The Morgan fingerprint density at radius 2 is 2.00 bits per heavy atom. The number of rotatable bonds is 6. The SMILES string of the molecule is Cc1ccc(C(C)C)cc1OCC(=O)Nc1cc([N+](=O)[O-])ccc1F. The zero-order valence-corrected chi connectivity index (χ0v) is 14.2. The predicted molar refractivity (Wildman–Crippen MR) is 92.4 cm³/mol. The fraction of sp³-hybridized carbons (Fsp3) is 0.278. The summed E-state index contributed by atoms with van der Waals surface area (Å²) in [7, 11) is 0. The molecule has 2 aromatic rings. The number of anilines is 1. The van der Waals surface area contributed by atoms with Crippen molar-refractivity contribution in [1.82, 2.24) is 0 Å². The fourth-order valence-electron chi connectivity index (χ4n) is 2.18. The summed E-state index contributed by atoms with van der Waals surface area (Å²) in [5.74, 6) is -0.470. The van der Waals surface area contributed by atoms with Crippen molar-refractivity contribution in [3.63, 3.8) is 0 Å². The molecule has 2 aromatic carbocycles. The Morgan fingerprint density at radius 1 is 1.28 bits per heavy atom. The number of ether oxygens (including phenoxy) is 1. The Kier molecular flexibility index (Phi) is 5.69. The van der Waals surface area contributed by atoms with Crippen LogP contribution < -0.4 is 10.1 Å². The lowest BCUT2D eigenvalue weighted by Gasteiger charge is -2.13. The largest absolute Gasteiger partial charge is 0.483 e. The molecule has 0 aliphatic rings. The van der Waals surface area contributed by atoms with Crippen molar-refractivity contribution in [3.8, 4) is 5.75 Å². The van der Waals surface area contributed by atoms with Crippen LogP contribution in [0, 0.1) is 22.9 Å². The molecule has 1 N–H and O–H groups in total. The van der Waals surface area contributed by atoms with Gasteiger partial charge < -0.3 is 10.1 Å². The van der Waals surface area contributed by atoms with E-state index in [4.69, 9.17) is 4.74 Å². The van der Waals surface area contributed by atoms with Gasteiger partial charge in [0.05, 0.1) is 10.6 Å². The zero-order chi connectivity index (χ0) is 18.6. The molecule has 0 fully saturated rings. The molecule has 0 aromatic heterocycles. The molecular weight excluding hydrogens is 327 g/mol. The summed E-state index contributed by atoms with van der Waals surface area (Å²) in [6, 6.07) is 8.69. The Hall–Kier alpha value is -2.96. The summed E-state index contributed by atoms with van der Waals surface area (Å²) in [6.07, 6.45) is 0. The first-order valence-corrected chi connectivity index (χ1v) is 7.75. The number of carbonyl (C=O) groups is 1. The van der Waals surface area contributed by atoms with E-state index in [9.17, 15) is 19.3 Å². The second-order valence-electron chi connectivity index (χ2n) is 5.94. The highest BCUT2D eigenvalue weighted by Crippen LogP contribution is 2.25. The summed E-state index contributed by atoms with van der Waals surface area (Å²) < 4.78 is 19.2. The number of nitro benzene ring substituents is 1. The Bertz CT molecular complexity index is 806. The lowest BCUT2D eigenvalue weighted by atomic mass is 10.0.